The van der Waals surface area contributed by atoms with Crippen molar-refractivity contribution in [2.24, 2.45) is 10.9 Å². The number of nitrogens with two attached hydrogens (primary N) is 2. The highest BCUT2D eigenvalue weighted by atomic mass is 32.2. The van der Waals surface area contributed by atoms with Crippen LogP contribution in [0, 0.1) is 5.41 Å². The van der Waals surface area contributed by atoms with Crippen molar-refractivity contribution in [2.75, 3.05) is 30.1 Å². The summed E-state index contributed by atoms with van der Waals surface area (Å²) in [6.45, 7) is 0. The third kappa shape index (κ3) is 6.22. The molecular weight excluding hydrogens is 595 g/mol. The third-order valence-electron chi connectivity index (χ3n) is 5.05. The van der Waals surface area contributed by atoms with Gasteiger partial charge in [-0.2, -0.15) is 0 Å². The van der Waals surface area contributed by atoms with Gasteiger partial charge >= 0.3 is 5.97 Å². The fourth-order valence-corrected chi connectivity index (χ4v) is 8.50. The number of amides is 2. The number of thiazole rings is 1. The molecule has 0 bridgehead atoms. The van der Waals surface area contributed by atoms with E-state index >= 15 is 0 Å². The second-order valence-electron chi connectivity index (χ2n) is 7.56. The Morgan fingerprint density at radius 1 is 1.37 bits per heavy atom. The highest BCUT2D eigenvalue weighted by molar-refractivity contribution is 8.03. The number of aliphatic carboxylic acids is 1. The quantitative estimate of drug-likeness (QED) is 0.0736. The molecule has 7 N–H and O–H groups in total. The smallest absolute Gasteiger partial charge is 0.352 e. The summed E-state index contributed by atoms with van der Waals surface area (Å²) in [7, 11) is 1.27. The summed E-state index contributed by atoms with van der Waals surface area (Å²) in [6.07, 6.45) is 0.450. The van der Waals surface area contributed by atoms with Crippen molar-refractivity contribution in [1.29, 1.82) is 5.41 Å². The van der Waals surface area contributed by atoms with Crippen molar-refractivity contribution in [2.45, 2.75) is 26.5 Å². The van der Waals surface area contributed by atoms with Crippen LogP contribution in [-0.2, 0) is 19.2 Å². The lowest BCUT2D eigenvalue weighted by Crippen LogP contribution is -2.71. The number of thioether (sulfide) groups is 3. The van der Waals surface area contributed by atoms with E-state index in [1.807, 2.05) is 0 Å². The van der Waals surface area contributed by atoms with Crippen LogP contribution < -0.4 is 16.8 Å². The van der Waals surface area contributed by atoms with Crippen LogP contribution in [-0.4, -0.2) is 90.3 Å². The Balaban J connectivity index is 1.41. The lowest BCUT2D eigenvalue weighted by atomic mass is 10.0. The van der Waals surface area contributed by atoms with Crippen molar-refractivity contribution in [3.8, 4) is 0 Å². The zero-order chi connectivity index (χ0) is 27.4. The van der Waals surface area contributed by atoms with Crippen molar-refractivity contribution in [1.82, 2.24) is 25.4 Å². The summed E-state index contributed by atoms with van der Waals surface area (Å²) < 4.78 is 1.39. The van der Waals surface area contributed by atoms with Gasteiger partial charge in [0, 0.05) is 29.1 Å². The van der Waals surface area contributed by atoms with Gasteiger partial charge in [-0.25, -0.2) is 9.78 Å². The van der Waals surface area contributed by atoms with Crippen LogP contribution in [0.2, 0.25) is 0 Å². The van der Waals surface area contributed by atoms with Gasteiger partial charge in [0.25, 0.3) is 11.8 Å². The second-order valence-corrected chi connectivity index (χ2v) is 13.1. The predicted molar refractivity (Wildman–Crippen MR) is 148 cm³/mol. The van der Waals surface area contributed by atoms with Crippen LogP contribution in [0.1, 0.15) is 12.1 Å². The summed E-state index contributed by atoms with van der Waals surface area (Å²) in [5.74, 6) is -1.06. The van der Waals surface area contributed by atoms with Gasteiger partial charge in [-0.1, -0.05) is 40.0 Å². The Hall–Kier alpha value is -2.87. The van der Waals surface area contributed by atoms with E-state index < -0.39 is 29.2 Å². The molecule has 2 aliphatic rings. The third-order valence-corrected chi connectivity index (χ3v) is 10.3. The minimum absolute atomic E-state index is 0.0876. The summed E-state index contributed by atoms with van der Waals surface area (Å²) in [5, 5.41) is 32.9. The van der Waals surface area contributed by atoms with Crippen molar-refractivity contribution < 1.29 is 24.3 Å². The van der Waals surface area contributed by atoms with E-state index in [1.165, 1.54) is 64.0 Å². The number of anilines is 1. The Morgan fingerprint density at radius 2 is 2.11 bits per heavy atom. The average Bonchev–Trinajstić information content (AvgIpc) is 3.52. The number of rotatable bonds is 12. The van der Waals surface area contributed by atoms with E-state index in [4.69, 9.17) is 21.7 Å². The molecule has 0 spiro atoms. The molecule has 14 nitrogen and oxygen atoms in total. The van der Waals surface area contributed by atoms with Crippen molar-refractivity contribution in [3.63, 3.8) is 0 Å². The fraction of sp³-hybridized carbons (Fsp3) is 0.368. The minimum Gasteiger partial charge on any atom is -0.477 e. The van der Waals surface area contributed by atoms with Gasteiger partial charge in [0.15, 0.2) is 19.5 Å². The summed E-state index contributed by atoms with van der Waals surface area (Å²) in [5.41, 5.74) is 11.5. The zero-order valence-electron chi connectivity index (χ0n) is 19.6. The van der Waals surface area contributed by atoms with Crippen LogP contribution in [0.5, 0.6) is 0 Å². The lowest BCUT2D eigenvalue weighted by molar-refractivity contribution is -0.150. The number of hydrogen-bond donors (Lipinski definition) is 5. The van der Waals surface area contributed by atoms with E-state index in [0.717, 1.165) is 15.7 Å². The number of nitrogen functional groups attached to an aromatic ring is 1. The number of nitrogens with zero attached hydrogens (tertiary/aromatic N) is 5. The number of carboxylic acid groups (broad SMARTS) is 1. The van der Waals surface area contributed by atoms with Gasteiger partial charge in [-0.3, -0.25) is 19.9 Å². The number of hydrogen-bond acceptors (Lipinski definition) is 15. The van der Waals surface area contributed by atoms with Crippen LogP contribution >= 0.6 is 58.0 Å². The number of carbonyl (C=O) groups is 3. The average molecular weight is 616 g/mol. The Kier molecular flexibility index (Phi) is 9.13. The van der Waals surface area contributed by atoms with Crippen LogP contribution in [0.3, 0.4) is 0 Å². The fourth-order valence-electron chi connectivity index (χ4n) is 3.41. The number of oxime groups is 1. The van der Waals surface area contributed by atoms with E-state index in [9.17, 15) is 19.5 Å². The number of nitrogens with one attached hydrogen (secondary N) is 2. The van der Waals surface area contributed by atoms with Crippen LogP contribution in [0.15, 0.2) is 30.5 Å². The molecule has 0 saturated carbocycles. The van der Waals surface area contributed by atoms with Crippen molar-refractivity contribution >= 4 is 92.4 Å². The van der Waals surface area contributed by atoms with E-state index in [2.05, 4.69) is 25.7 Å². The molecule has 0 unspecified atom stereocenters. The topological polar surface area (TPSA) is 223 Å². The van der Waals surface area contributed by atoms with E-state index in [-0.39, 0.29) is 28.1 Å². The second kappa shape index (κ2) is 12.3. The molecule has 2 aliphatic heterocycles. The molecule has 1 fully saturated rings. The maximum absolute atomic E-state index is 13.0. The molecule has 19 heteroatoms. The van der Waals surface area contributed by atoms with Crippen LogP contribution in [0.4, 0.5) is 5.13 Å². The minimum atomic E-state index is -1.22. The summed E-state index contributed by atoms with van der Waals surface area (Å²) >= 11 is 6.62. The molecule has 2 aromatic heterocycles. The zero-order valence-corrected chi connectivity index (χ0v) is 23.7. The number of β-lactam (4-membered cyclic amide) rings is 1. The molecule has 0 aromatic carbocycles. The maximum atomic E-state index is 13.0. The van der Waals surface area contributed by atoms with E-state index in [0.29, 0.717) is 33.6 Å². The maximum Gasteiger partial charge on any atom is 0.352 e. The Morgan fingerprint density at radius 3 is 2.74 bits per heavy atom. The highest BCUT2D eigenvalue weighted by Crippen LogP contribution is 2.42. The first-order valence-corrected chi connectivity index (χ1v) is 15.4. The first kappa shape index (κ1) is 28.1. The van der Waals surface area contributed by atoms with Gasteiger partial charge in [-0.05, 0) is 5.57 Å². The molecule has 2 atom stereocenters. The standard InChI is InChI=1S/C19H21N9O5S5/c1-33-27-10(8-6-36-17(22)23-8)13(29)24-11-14(30)28-12(16(31)32)7(4-35-15(11)28)5-37-19-26-25-18(38-19)34-3-2-9(20)21/h6,11,15H,2-5H2,1H3,(H3,20,21)(H2,22,23)(H,24,29)(H,31,32)/b27-10-/t11-,15+/m1/s1. The van der Waals surface area contributed by atoms with Gasteiger partial charge in [0.05, 0.1) is 5.84 Å². The number of aromatic nitrogens is 3. The molecule has 2 aromatic rings. The summed E-state index contributed by atoms with van der Waals surface area (Å²) in [4.78, 5) is 48.0. The molecule has 202 valence electrons. The van der Waals surface area contributed by atoms with Gasteiger partial charge < -0.3 is 26.7 Å². The molecule has 4 rings (SSSR count). The number of amidine groups is 1. The first-order chi connectivity index (χ1) is 18.2. The molecule has 2 amide bonds. The molecule has 4 heterocycles. The first-order valence-electron chi connectivity index (χ1n) is 10.6. The molecule has 0 aliphatic carbocycles. The van der Waals surface area contributed by atoms with Gasteiger partial charge in [0.1, 0.15) is 29.9 Å². The largest absolute Gasteiger partial charge is 0.477 e. The Labute approximate surface area is 236 Å². The van der Waals surface area contributed by atoms with E-state index in [1.54, 1.807) is 0 Å². The molecule has 0 radical (unpaired) electrons. The highest BCUT2D eigenvalue weighted by Gasteiger charge is 2.54. The lowest BCUT2D eigenvalue weighted by Gasteiger charge is -2.49. The number of carboxylic acids is 1. The molecular formula is C19H21N9O5S5. The normalized spacial score (nSPS) is 19.1. The molecule has 1 saturated heterocycles. The van der Waals surface area contributed by atoms with Gasteiger partial charge in [-0.15, -0.1) is 33.3 Å². The molecule has 38 heavy (non-hydrogen) atoms. The monoisotopic (exact) mass is 615 g/mol. The van der Waals surface area contributed by atoms with Crippen LogP contribution in [0.25, 0.3) is 0 Å². The SMILES string of the molecule is CO/N=C(\C(=O)N[C@@H]1C(=O)N2C(C(=O)O)=C(CSc3nnc(SCCC(=N)N)s3)CS[C@@H]12)c1csc(N)n1. The van der Waals surface area contributed by atoms with Crippen molar-refractivity contribution in [3.05, 3.63) is 22.3 Å². The number of carbonyl (C=O) groups excluding carboxylic acids is 2. The number of fused-ring (bicyclic) bond motifs is 1. The summed E-state index contributed by atoms with van der Waals surface area (Å²) in [6, 6.07) is -0.938. The predicted octanol–water partition coefficient (Wildman–Crippen LogP) is 0.876. The Bertz CT molecular complexity index is 1330. The van der Waals surface area contributed by atoms with Gasteiger partial charge in [0.2, 0.25) is 0 Å².